The molecule has 0 radical (unpaired) electrons. The molecule has 1 rings (SSSR count). The lowest BCUT2D eigenvalue weighted by Gasteiger charge is -1.93. The Morgan fingerprint density at radius 3 is 3.00 bits per heavy atom. The number of hydrogen-bond acceptors (Lipinski definition) is 1. The van der Waals surface area contributed by atoms with Gasteiger partial charge >= 0.3 is 0 Å². The first-order valence-corrected chi connectivity index (χ1v) is 2.98. The minimum Gasteiger partial charge on any atom is -0.350 e. The number of nitriles is 1. The van der Waals surface area contributed by atoms with E-state index in [4.69, 9.17) is 5.26 Å². The van der Waals surface area contributed by atoms with E-state index >= 15 is 0 Å². The summed E-state index contributed by atoms with van der Waals surface area (Å²) in [5.74, 6) is 0. The van der Waals surface area contributed by atoms with Crippen molar-refractivity contribution in [3.8, 4) is 6.07 Å². The van der Waals surface area contributed by atoms with E-state index < -0.39 is 0 Å². The third-order valence-electron chi connectivity index (χ3n) is 1.22. The van der Waals surface area contributed by atoms with Crippen molar-refractivity contribution in [2.45, 2.75) is 6.54 Å². The molecule has 0 amide bonds. The van der Waals surface area contributed by atoms with Crippen LogP contribution >= 0.6 is 0 Å². The van der Waals surface area contributed by atoms with Gasteiger partial charge in [0, 0.05) is 12.4 Å². The van der Waals surface area contributed by atoms with E-state index in [-0.39, 0.29) is 6.67 Å². The van der Waals surface area contributed by atoms with Gasteiger partial charge in [0.1, 0.15) is 12.7 Å². The van der Waals surface area contributed by atoms with Crippen molar-refractivity contribution < 1.29 is 4.39 Å². The molecule has 0 bridgehead atoms. The van der Waals surface area contributed by atoms with Gasteiger partial charge in [-0.3, -0.25) is 0 Å². The summed E-state index contributed by atoms with van der Waals surface area (Å²) >= 11 is 0. The van der Waals surface area contributed by atoms with Crippen molar-refractivity contribution in [2.75, 3.05) is 6.67 Å². The van der Waals surface area contributed by atoms with Crippen molar-refractivity contribution in [1.29, 1.82) is 5.26 Å². The minimum atomic E-state index is -0.389. The molecule has 0 fully saturated rings. The number of hydrogen-bond donors (Lipinski definition) is 0. The Morgan fingerprint density at radius 1 is 1.70 bits per heavy atom. The average Bonchev–Trinajstić information content (AvgIpc) is 2.37. The van der Waals surface area contributed by atoms with Crippen LogP contribution in [-0.4, -0.2) is 11.2 Å². The molecule has 0 spiro atoms. The topological polar surface area (TPSA) is 28.7 Å². The molecule has 52 valence electrons. The van der Waals surface area contributed by atoms with Gasteiger partial charge in [-0.15, -0.1) is 0 Å². The molecule has 1 aromatic rings. The summed E-state index contributed by atoms with van der Waals surface area (Å²) < 4.78 is 13.3. The lowest BCUT2D eigenvalue weighted by Crippen LogP contribution is -1.94. The van der Waals surface area contributed by atoms with Gasteiger partial charge in [-0.25, -0.2) is 4.39 Å². The highest BCUT2D eigenvalue weighted by Crippen LogP contribution is 1.98. The average molecular weight is 138 g/mol. The SMILES string of the molecule is N#Cc1ccn(CCF)c1. The van der Waals surface area contributed by atoms with Gasteiger partial charge in [0.05, 0.1) is 12.1 Å². The predicted molar refractivity (Wildman–Crippen MR) is 35.1 cm³/mol. The molecule has 0 aromatic carbocycles. The standard InChI is InChI=1S/C7H7FN2/c8-2-4-10-3-1-7(5-9)6-10/h1,3,6H,2,4H2. The third-order valence-corrected chi connectivity index (χ3v) is 1.22. The Balaban J connectivity index is 2.71. The quantitative estimate of drug-likeness (QED) is 0.606. The molecular weight excluding hydrogens is 131 g/mol. The highest BCUT2D eigenvalue weighted by Gasteiger charge is 1.92. The molecule has 3 heteroatoms. The fourth-order valence-electron chi connectivity index (χ4n) is 0.744. The van der Waals surface area contributed by atoms with Crippen LogP contribution < -0.4 is 0 Å². The number of aromatic nitrogens is 1. The molecule has 0 N–H and O–H groups in total. The van der Waals surface area contributed by atoms with Gasteiger partial charge in [0.25, 0.3) is 0 Å². The second kappa shape index (κ2) is 3.02. The Labute approximate surface area is 58.5 Å². The second-order valence-corrected chi connectivity index (χ2v) is 1.94. The van der Waals surface area contributed by atoms with Crippen LogP contribution in [0.5, 0.6) is 0 Å². The van der Waals surface area contributed by atoms with Gasteiger partial charge in [-0.2, -0.15) is 5.26 Å². The highest BCUT2D eigenvalue weighted by molar-refractivity contribution is 5.25. The van der Waals surface area contributed by atoms with Crippen molar-refractivity contribution >= 4 is 0 Å². The van der Waals surface area contributed by atoms with Crippen LogP contribution in [0.2, 0.25) is 0 Å². The maximum absolute atomic E-state index is 11.7. The lowest BCUT2D eigenvalue weighted by atomic mass is 10.4. The molecule has 0 aliphatic rings. The zero-order valence-electron chi connectivity index (χ0n) is 5.42. The Morgan fingerprint density at radius 2 is 2.50 bits per heavy atom. The van der Waals surface area contributed by atoms with Crippen molar-refractivity contribution in [2.24, 2.45) is 0 Å². The zero-order valence-corrected chi connectivity index (χ0v) is 5.42. The Bertz CT molecular complexity index is 246. The molecule has 0 unspecified atom stereocenters. The number of alkyl halides is 1. The lowest BCUT2D eigenvalue weighted by molar-refractivity contribution is 0.446. The first-order valence-electron chi connectivity index (χ1n) is 2.98. The number of aryl methyl sites for hydroxylation is 1. The van der Waals surface area contributed by atoms with Gasteiger partial charge in [0.2, 0.25) is 0 Å². The Kier molecular flexibility index (Phi) is 2.06. The number of rotatable bonds is 2. The molecule has 1 aromatic heterocycles. The third kappa shape index (κ3) is 1.35. The smallest absolute Gasteiger partial charge is 0.107 e. The summed E-state index contributed by atoms with van der Waals surface area (Å²) in [7, 11) is 0. The summed E-state index contributed by atoms with van der Waals surface area (Å²) in [4.78, 5) is 0. The summed E-state index contributed by atoms with van der Waals surface area (Å²) in [5.41, 5.74) is 0.577. The maximum Gasteiger partial charge on any atom is 0.107 e. The molecule has 2 nitrogen and oxygen atoms in total. The van der Waals surface area contributed by atoms with E-state index in [0.717, 1.165) is 0 Å². The van der Waals surface area contributed by atoms with E-state index in [0.29, 0.717) is 12.1 Å². The number of halogens is 1. The van der Waals surface area contributed by atoms with Crippen LogP contribution in [0.25, 0.3) is 0 Å². The summed E-state index contributed by atoms with van der Waals surface area (Å²) in [6, 6.07) is 3.62. The van der Waals surface area contributed by atoms with E-state index in [2.05, 4.69) is 0 Å². The van der Waals surface area contributed by atoms with Crippen LogP contribution in [0, 0.1) is 11.3 Å². The largest absolute Gasteiger partial charge is 0.350 e. The molecule has 10 heavy (non-hydrogen) atoms. The van der Waals surface area contributed by atoms with Crippen LogP contribution in [0.3, 0.4) is 0 Å². The number of nitrogens with zero attached hydrogens (tertiary/aromatic N) is 2. The van der Waals surface area contributed by atoms with Crippen LogP contribution in [0.15, 0.2) is 18.5 Å². The molecular formula is C7H7FN2. The van der Waals surface area contributed by atoms with Crippen molar-refractivity contribution in [1.82, 2.24) is 4.57 Å². The van der Waals surface area contributed by atoms with Crippen molar-refractivity contribution in [3.63, 3.8) is 0 Å². The summed E-state index contributed by atoms with van der Waals surface area (Å²) in [6.07, 6.45) is 3.32. The van der Waals surface area contributed by atoms with Crippen LogP contribution in [-0.2, 0) is 6.54 Å². The van der Waals surface area contributed by atoms with E-state index in [1.54, 1.807) is 23.0 Å². The van der Waals surface area contributed by atoms with E-state index in [1.165, 1.54) is 0 Å². The predicted octanol–water partition coefficient (Wildman–Crippen LogP) is 1.33. The van der Waals surface area contributed by atoms with Crippen LogP contribution in [0.1, 0.15) is 5.56 Å². The molecule has 0 saturated carbocycles. The van der Waals surface area contributed by atoms with Gasteiger partial charge in [-0.05, 0) is 6.07 Å². The molecule has 1 heterocycles. The molecule has 0 atom stereocenters. The minimum absolute atomic E-state index is 0.335. The van der Waals surface area contributed by atoms with Crippen molar-refractivity contribution in [3.05, 3.63) is 24.0 Å². The van der Waals surface area contributed by atoms with E-state index in [9.17, 15) is 4.39 Å². The zero-order chi connectivity index (χ0) is 7.40. The molecule has 0 aliphatic carbocycles. The first-order chi connectivity index (χ1) is 4.86. The first kappa shape index (κ1) is 6.81. The maximum atomic E-state index is 11.7. The monoisotopic (exact) mass is 138 g/mol. The van der Waals surface area contributed by atoms with Gasteiger partial charge in [-0.1, -0.05) is 0 Å². The molecule has 0 saturated heterocycles. The summed E-state index contributed by atoms with van der Waals surface area (Å²) in [5, 5.41) is 8.36. The highest BCUT2D eigenvalue weighted by atomic mass is 19.1. The molecule has 0 aliphatic heterocycles. The van der Waals surface area contributed by atoms with Gasteiger partial charge < -0.3 is 4.57 Å². The van der Waals surface area contributed by atoms with Gasteiger partial charge in [0.15, 0.2) is 0 Å². The fourth-order valence-corrected chi connectivity index (χ4v) is 0.744. The Hall–Kier alpha value is -1.30. The van der Waals surface area contributed by atoms with E-state index in [1.807, 2.05) is 6.07 Å². The van der Waals surface area contributed by atoms with Crippen LogP contribution in [0.4, 0.5) is 4.39 Å². The second-order valence-electron chi connectivity index (χ2n) is 1.94. The summed E-state index contributed by atoms with van der Waals surface area (Å²) in [6.45, 7) is -0.0543. The fraction of sp³-hybridized carbons (Fsp3) is 0.286. The normalized spacial score (nSPS) is 9.20.